The minimum atomic E-state index is -4.53. The lowest BCUT2D eigenvalue weighted by Gasteiger charge is -2.35. The Morgan fingerprint density at radius 1 is 0.795 bits per heavy atom. The van der Waals surface area contributed by atoms with Gasteiger partial charge in [0.05, 0.1) is 16.1 Å². The second-order valence-electron chi connectivity index (χ2n) is 8.71. The Morgan fingerprint density at radius 3 is 1.77 bits per heavy atom. The first kappa shape index (κ1) is 28.2. The number of benzene rings is 2. The second kappa shape index (κ2) is 11.5. The van der Waals surface area contributed by atoms with Gasteiger partial charge in [-0.05, 0) is 53.1 Å². The van der Waals surface area contributed by atoms with Gasteiger partial charge in [-0.15, -0.1) is 0 Å². The number of alkyl halides is 6. The van der Waals surface area contributed by atoms with Gasteiger partial charge in [0.15, 0.2) is 0 Å². The highest BCUT2D eigenvalue weighted by Gasteiger charge is 2.31. The molecule has 0 aliphatic carbocycles. The van der Waals surface area contributed by atoms with E-state index in [-0.39, 0.29) is 5.91 Å². The van der Waals surface area contributed by atoms with Crippen LogP contribution in [-0.4, -0.2) is 42.0 Å². The number of hydrogen-bond acceptors (Lipinski definition) is 3. The lowest BCUT2D eigenvalue weighted by atomic mass is 9.95. The molecule has 204 valence electrons. The smallest absolute Gasteiger partial charge is 0.352 e. The third-order valence-corrected chi connectivity index (χ3v) is 6.47. The zero-order chi connectivity index (χ0) is 28.2. The average Bonchev–Trinajstić information content (AvgIpc) is 2.91. The summed E-state index contributed by atoms with van der Waals surface area (Å²) in [5.74, 6) is 0.361. The first-order valence-corrected chi connectivity index (χ1v) is 12.2. The van der Waals surface area contributed by atoms with Crippen molar-refractivity contribution in [1.82, 2.24) is 9.88 Å². The van der Waals surface area contributed by atoms with E-state index in [4.69, 9.17) is 11.6 Å². The molecule has 11 heteroatoms. The lowest BCUT2D eigenvalue weighted by Crippen LogP contribution is -2.48. The van der Waals surface area contributed by atoms with Gasteiger partial charge in [-0.3, -0.25) is 4.79 Å². The Kier molecular flexibility index (Phi) is 8.34. The predicted molar refractivity (Wildman–Crippen MR) is 137 cm³/mol. The van der Waals surface area contributed by atoms with Crippen LogP contribution in [0.2, 0.25) is 5.02 Å². The molecule has 1 aromatic heterocycles. The fourth-order valence-corrected chi connectivity index (χ4v) is 4.36. The van der Waals surface area contributed by atoms with Gasteiger partial charge in [-0.25, -0.2) is 4.98 Å². The Balaban J connectivity index is 1.53. The molecule has 39 heavy (non-hydrogen) atoms. The van der Waals surface area contributed by atoms with Crippen LogP contribution in [0.5, 0.6) is 0 Å². The fraction of sp³-hybridized carbons (Fsp3) is 0.214. The summed E-state index contributed by atoms with van der Waals surface area (Å²) in [6.45, 7) is 1.89. The van der Waals surface area contributed by atoms with E-state index in [0.717, 1.165) is 24.3 Å². The number of allylic oxidation sites excluding steroid dienone is 2. The molecule has 0 unspecified atom stereocenters. The highest BCUT2D eigenvalue weighted by atomic mass is 35.5. The van der Waals surface area contributed by atoms with E-state index in [1.165, 1.54) is 42.5 Å². The van der Waals surface area contributed by atoms with Crippen LogP contribution in [0.25, 0.3) is 5.57 Å². The van der Waals surface area contributed by atoms with Gasteiger partial charge in [0.1, 0.15) is 5.82 Å². The minimum absolute atomic E-state index is 0.280. The van der Waals surface area contributed by atoms with Crippen LogP contribution in [0.3, 0.4) is 0 Å². The van der Waals surface area contributed by atoms with Crippen molar-refractivity contribution in [1.29, 1.82) is 0 Å². The number of amides is 1. The number of pyridine rings is 1. The van der Waals surface area contributed by atoms with Crippen molar-refractivity contribution in [3.05, 3.63) is 112 Å². The Hall–Kier alpha value is -3.79. The summed E-state index contributed by atoms with van der Waals surface area (Å²) < 4.78 is 78.1. The number of carbonyl (C=O) groups is 1. The molecule has 1 saturated heterocycles. The van der Waals surface area contributed by atoms with Crippen LogP contribution >= 0.6 is 11.6 Å². The Labute approximate surface area is 225 Å². The molecule has 1 amide bonds. The van der Waals surface area contributed by atoms with Gasteiger partial charge in [0, 0.05) is 38.5 Å². The molecule has 0 radical (unpaired) electrons. The van der Waals surface area contributed by atoms with Crippen LogP contribution in [0.1, 0.15) is 22.3 Å². The number of carbonyl (C=O) groups excluding carboxylic acids is 1. The maximum Gasteiger partial charge on any atom is 0.416 e. The molecule has 1 fully saturated rings. The number of hydrogen-bond donors (Lipinski definition) is 0. The monoisotopic (exact) mass is 565 g/mol. The number of anilines is 1. The van der Waals surface area contributed by atoms with Crippen molar-refractivity contribution < 1.29 is 31.1 Å². The molecule has 0 N–H and O–H groups in total. The van der Waals surface area contributed by atoms with Gasteiger partial charge < -0.3 is 9.80 Å². The molecule has 1 aliphatic rings. The lowest BCUT2D eigenvalue weighted by molar-refractivity contribution is -0.138. The van der Waals surface area contributed by atoms with E-state index in [9.17, 15) is 31.1 Å². The average molecular weight is 566 g/mol. The number of rotatable bonds is 5. The fourth-order valence-electron chi connectivity index (χ4n) is 4.12. The van der Waals surface area contributed by atoms with Crippen LogP contribution in [-0.2, 0) is 17.1 Å². The standard InChI is InChI=1S/C28H22ClF6N3O/c29-24-4-2-14-36-26(24)38-17-15-37(16-18-38)25(39)5-1-3-23(19-6-10-21(11-7-19)27(30,31)32)20-8-12-22(13-9-20)28(33,34)35/h1-14H,15-18H2/b5-1+. The third-order valence-electron chi connectivity index (χ3n) is 6.18. The van der Waals surface area contributed by atoms with Crippen LogP contribution < -0.4 is 4.90 Å². The Bertz CT molecular complexity index is 1300. The van der Waals surface area contributed by atoms with E-state index in [0.29, 0.717) is 53.7 Å². The summed E-state index contributed by atoms with van der Waals surface area (Å²) in [7, 11) is 0. The Morgan fingerprint density at radius 2 is 1.31 bits per heavy atom. The van der Waals surface area contributed by atoms with Crippen molar-refractivity contribution in [3.63, 3.8) is 0 Å². The zero-order valence-electron chi connectivity index (χ0n) is 20.3. The van der Waals surface area contributed by atoms with Crippen molar-refractivity contribution >= 4 is 28.9 Å². The largest absolute Gasteiger partial charge is 0.416 e. The molecular weight excluding hydrogens is 544 g/mol. The topological polar surface area (TPSA) is 36.4 Å². The van der Waals surface area contributed by atoms with Crippen molar-refractivity contribution in [2.45, 2.75) is 12.4 Å². The number of aromatic nitrogens is 1. The van der Waals surface area contributed by atoms with E-state index >= 15 is 0 Å². The highest BCUT2D eigenvalue weighted by molar-refractivity contribution is 6.32. The molecule has 3 aromatic rings. The normalized spacial score (nSPS) is 14.5. The van der Waals surface area contributed by atoms with Crippen molar-refractivity contribution in [2.24, 2.45) is 0 Å². The summed E-state index contributed by atoms with van der Waals surface area (Å²) in [5.41, 5.74) is -0.651. The predicted octanol–water partition coefficient (Wildman–Crippen LogP) is 7.11. The first-order valence-electron chi connectivity index (χ1n) is 11.8. The van der Waals surface area contributed by atoms with Gasteiger partial charge in [-0.1, -0.05) is 48.0 Å². The number of halogens is 7. The summed E-state index contributed by atoms with van der Waals surface area (Å²) in [5, 5.41) is 0.515. The van der Waals surface area contributed by atoms with Gasteiger partial charge >= 0.3 is 12.4 Å². The van der Waals surface area contributed by atoms with Crippen LogP contribution in [0.15, 0.2) is 85.1 Å². The number of piperazine rings is 1. The second-order valence-corrected chi connectivity index (χ2v) is 9.12. The quantitative estimate of drug-likeness (QED) is 0.188. The summed E-state index contributed by atoms with van der Waals surface area (Å²) >= 11 is 6.20. The molecule has 4 rings (SSSR count). The molecule has 0 saturated carbocycles. The van der Waals surface area contributed by atoms with Crippen molar-refractivity contribution in [2.75, 3.05) is 31.1 Å². The van der Waals surface area contributed by atoms with Gasteiger partial charge in [0.2, 0.25) is 5.91 Å². The summed E-state index contributed by atoms with van der Waals surface area (Å²) in [6, 6.07) is 12.0. The summed E-state index contributed by atoms with van der Waals surface area (Å²) in [4.78, 5) is 20.7. The molecule has 0 spiro atoms. The van der Waals surface area contributed by atoms with E-state index in [1.54, 1.807) is 23.2 Å². The first-order chi connectivity index (χ1) is 18.4. The molecule has 4 nitrogen and oxygen atoms in total. The van der Waals surface area contributed by atoms with E-state index in [1.807, 2.05) is 4.90 Å². The molecular formula is C28H22ClF6N3O. The van der Waals surface area contributed by atoms with Gasteiger partial charge in [0.25, 0.3) is 0 Å². The van der Waals surface area contributed by atoms with Crippen LogP contribution in [0.4, 0.5) is 32.2 Å². The SMILES string of the molecule is O=C(/C=C/C=C(c1ccc(C(F)(F)F)cc1)c1ccc(C(F)(F)F)cc1)N1CCN(c2ncccc2Cl)CC1. The van der Waals surface area contributed by atoms with Crippen LogP contribution in [0, 0.1) is 0 Å². The van der Waals surface area contributed by atoms with Crippen molar-refractivity contribution in [3.8, 4) is 0 Å². The maximum atomic E-state index is 13.0. The molecule has 2 aromatic carbocycles. The molecule has 1 aliphatic heterocycles. The maximum absolute atomic E-state index is 13.0. The minimum Gasteiger partial charge on any atom is -0.352 e. The highest BCUT2D eigenvalue weighted by Crippen LogP contribution is 2.33. The van der Waals surface area contributed by atoms with E-state index < -0.39 is 23.5 Å². The van der Waals surface area contributed by atoms with Gasteiger partial charge in [-0.2, -0.15) is 26.3 Å². The zero-order valence-corrected chi connectivity index (χ0v) is 21.1. The molecule has 0 atom stereocenters. The number of nitrogens with zero attached hydrogens (tertiary/aromatic N) is 3. The third kappa shape index (κ3) is 7.00. The summed E-state index contributed by atoms with van der Waals surface area (Å²) in [6.07, 6.45) is -3.18. The molecule has 0 bridgehead atoms. The molecule has 2 heterocycles. The van der Waals surface area contributed by atoms with E-state index in [2.05, 4.69) is 4.98 Å².